The Morgan fingerprint density at radius 1 is 1.30 bits per heavy atom. The summed E-state index contributed by atoms with van der Waals surface area (Å²) < 4.78 is 10.6. The minimum atomic E-state index is -0.230. The normalized spacial score (nSPS) is 16.3. The van der Waals surface area contributed by atoms with E-state index in [1.54, 1.807) is 25.6 Å². The molecule has 1 aliphatic heterocycles. The van der Waals surface area contributed by atoms with Gasteiger partial charge in [0.2, 0.25) is 0 Å². The molecule has 0 saturated carbocycles. The molecule has 0 bridgehead atoms. The van der Waals surface area contributed by atoms with Crippen LogP contribution < -0.4 is 15.0 Å². The van der Waals surface area contributed by atoms with Crippen LogP contribution in [0.25, 0.3) is 11.3 Å². The largest absolute Gasteiger partial charge is 0.497 e. The van der Waals surface area contributed by atoms with Crippen LogP contribution in [0.5, 0.6) is 5.75 Å². The number of benzene rings is 1. The van der Waals surface area contributed by atoms with Gasteiger partial charge in [-0.25, -0.2) is 0 Å². The second-order valence-corrected chi connectivity index (χ2v) is 6.42. The SMILES string of the molecule is COc1cccc(N2CCC(NC(=O)c3cc(-c4cccnc4)on3)C2)c1. The maximum Gasteiger partial charge on any atom is 0.273 e. The van der Waals surface area contributed by atoms with Gasteiger partial charge in [0.15, 0.2) is 11.5 Å². The van der Waals surface area contributed by atoms with E-state index in [0.29, 0.717) is 5.76 Å². The number of hydrogen-bond donors (Lipinski definition) is 1. The molecule has 0 radical (unpaired) electrons. The van der Waals surface area contributed by atoms with Crippen LogP contribution in [0.15, 0.2) is 59.4 Å². The summed E-state index contributed by atoms with van der Waals surface area (Å²) >= 11 is 0. The molecule has 1 amide bonds. The lowest BCUT2D eigenvalue weighted by atomic mass is 10.2. The van der Waals surface area contributed by atoms with Gasteiger partial charge in [-0.3, -0.25) is 9.78 Å². The van der Waals surface area contributed by atoms with Crippen molar-refractivity contribution in [3.05, 3.63) is 60.6 Å². The molecule has 3 aromatic rings. The Morgan fingerprint density at radius 3 is 3.04 bits per heavy atom. The van der Waals surface area contributed by atoms with E-state index in [9.17, 15) is 4.79 Å². The first-order chi connectivity index (χ1) is 13.2. The first kappa shape index (κ1) is 17.1. The Kier molecular flexibility index (Phi) is 4.74. The lowest BCUT2D eigenvalue weighted by molar-refractivity contribution is 0.0931. The molecule has 1 atom stereocenters. The Hall–Kier alpha value is -3.35. The van der Waals surface area contributed by atoms with Gasteiger partial charge < -0.3 is 19.5 Å². The summed E-state index contributed by atoms with van der Waals surface area (Å²) in [6.07, 6.45) is 4.23. The first-order valence-corrected chi connectivity index (χ1v) is 8.80. The van der Waals surface area contributed by atoms with Crippen LogP contribution in [-0.4, -0.2) is 42.3 Å². The molecule has 138 valence electrons. The highest BCUT2D eigenvalue weighted by atomic mass is 16.5. The summed E-state index contributed by atoms with van der Waals surface area (Å²) in [6.45, 7) is 1.62. The number of aromatic nitrogens is 2. The number of methoxy groups -OCH3 is 1. The van der Waals surface area contributed by atoms with Crippen LogP contribution >= 0.6 is 0 Å². The van der Waals surface area contributed by atoms with Crippen LogP contribution in [0.4, 0.5) is 5.69 Å². The molecular formula is C20H20N4O3. The Morgan fingerprint density at radius 2 is 2.22 bits per heavy atom. The van der Waals surface area contributed by atoms with E-state index >= 15 is 0 Å². The zero-order valence-electron chi connectivity index (χ0n) is 15.0. The molecule has 4 rings (SSSR count). The van der Waals surface area contributed by atoms with Gasteiger partial charge >= 0.3 is 0 Å². The van der Waals surface area contributed by atoms with Gasteiger partial charge in [0.05, 0.1) is 7.11 Å². The monoisotopic (exact) mass is 364 g/mol. The van der Waals surface area contributed by atoms with Crippen LogP contribution in [0.1, 0.15) is 16.9 Å². The topological polar surface area (TPSA) is 80.5 Å². The summed E-state index contributed by atoms with van der Waals surface area (Å²) in [5.74, 6) is 1.12. The summed E-state index contributed by atoms with van der Waals surface area (Å²) in [4.78, 5) is 18.8. The number of hydrogen-bond acceptors (Lipinski definition) is 6. The van der Waals surface area contributed by atoms with Crippen LogP contribution in [-0.2, 0) is 0 Å². The van der Waals surface area contributed by atoms with Crippen molar-refractivity contribution in [2.45, 2.75) is 12.5 Å². The number of pyridine rings is 1. The third kappa shape index (κ3) is 3.76. The Bertz CT molecular complexity index is 926. The quantitative estimate of drug-likeness (QED) is 0.750. The van der Waals surface area contributed by atoms with Gasteiger partial charge in [0.1, 0.15) is 5.75 Å². The van der Waals surface area contributed by atoms with Crippen molar-refractivity contribution in [1.82, 2.24) is 15.5 Å². The summed E-state index contributed by atoms with van der Waals surface area (Å²) in [7, 11) is 1.66. The van der Waals surface area contributed by atoms with Gasteiger partial charge in [0.25, 0.3) is 5.91 Å². The standard InChI is InChI=1S/C20H20N4O3/c1-26-17-6-2-5-16(10-17)24-9-7-15(13-24)22-20(25)18-11-19(27-23-18)14-4-3-8-21-12-14/h2-6,8,10-12,15H,7,9,13H2,1H3,(H,22,25). The summed E-state index contributed by atoms with van der Waals surface area (Å²) in [5, 5.41) is 6.93. The van der Waals surface area contributed by atoms with E-state index in [1.165, 1.54) is 0 Å². The van der Waals surface area contributed by atoms with Crippen molar-refractivity contribution in [1.29, 1.82) is 0 Å². The number of rotatable bonds is 5. The zero-order valence-corrected chi connectivity index (χ0v) is 15.0. The summed E-state index contributed by atoms with van der Waals surface area (Å²) in [5.41, 5.74) is 2.15. The predicted molar refractivity (Wildman–Crippen MR) is 101 cm³/mol. The second kappa shape index (κ2) is 7.49. The highest BCUT2D eigenvalue weighted by Crippen LogP contribution is 2.25. The van der Waals surface area contributed by atoms with Crippen molar-refractivity contribution in [2.75, 3.05) is 25.1 Å². The van der Waals surface area contributed by atoms with E-state index in [-0.39, 0.29) is 17.6 Å². The summed E-state index contributed by atoms with van der Waals surface area (Å²) in [6, 6.07) is 13.3. The molecule has 7 nitrogen and oxygen atoms in total. The number of carbonyl (C=O) groups excluding carboxylic acids is 1. The molecule has 2 aromatic heterocycles. The number of nitrogens with zero attached hydrogens (tertiary/aromatic N) is 3. The molecule has 3 heterocycles. The van der Waals surface area contributed by atoms with E-state index in [0.717, 1.165) is 36.5 Å². The average Bonchev–Trinajstić information content (AvgIpc) is 3.39. The fourth-order valence-electron chi connectivity index (χ4n) is 3.21. The number of carbonyl (C=O) groups is 1. The van der Waals surface area contributed by atoms with Crippen molar-refractivity contribution in [3.63, 3.8) is 0 Å². The Labute approximate surface area is 156 Å². The van der Waals surface area contributed by atoms with Crippen LogP contribution in [0.3, 0.4) is 0 Å². The molecule has 1 aliphatic rings. The zero-order chi connectivity index (χ0) is 18.6. The molecular weight excluding hydrogens is 344 g/mol. The molecule has 7 heteroatoms. The van der Waals surface area contributed by atoms with Crippen LogP contribution in [0, 0.1) is 0 Å². The maximum absolute atomic E-state index is 12.5. The number of anilines is 1. The first-order valence-electron chi connectivity index (χ1n) is 8.80. The lowest BCUT2D eigenvalue weighted by Crippen LogP contribution is -2.37. The Balaban J connectivity index is 1.38. The highest BCUT2D eigenvalue weighted by Gasteiger charge is 2.26. The maximum atomic E-state index is 12.5. The molecule has 1 fully saturated rings. The third-order valence-corrected chi connectivity index (χ3v) is 4.63. The fraction of sp³-hybridized carbons (Fsp3) is 0.250. The second-order valence-electron chi connectivity index (χ2n) is 6.42. The average molecular weight is 364 g/mol. The molecule has 0 aliphatic carbocycles. The minimum absolute atomic E-state index is 0.0576. The van der Waals surface area contributed by atoms with Gasteiger partial charge in [0, 0.05) is 54.9 Å². The lowest BCUT2D eigenvalue weighted by Gasteiger charge is -2.19. The van der Waals surface area contributed by atoms with Gasteiger partial charge in [-0.05, 0) is 30.7 Å². The van der Waals surface area contributed by atoms with Gasteiger partial charge in [-0.15, -0.1) is 0 Å². The smallest absolute Gasteiger partial charge is 0.273 e. The van der Waals surface area contributed by atoms with Crippen molar-refractivity contribution < 1.29 is 14.1 Å². The van der Waals surface area contributed by atoms with Gasteiger partial charge in [-0.1, -0.05) is 11.2 Å². The molecule has 1 aromatic carbocycles. The molecule has 1 saturated heterocycles. The van der Waals surface area contributed by atoms with Crippen molar-refractivity contribution >= 4 is 11.6 Å². The van der Waals surface area contributed by atoms with Crippen molar-refractivity contribution in [3.8, 4) is 17.1 Å². The van der Waals surface area contributed by atoms with Crippen LogP contribution in [0.2, 0.25) is 0 Å². The number of amides is 1. The number of nitrogens with one attached hydrogen (secondary N) is 1. The van der Waals surface area contributed by atoms with Crippen molar-refractivity contribution in [2.24, 2.45) is 0 Å². The molecule has 27 heavy (non-hydrogen) atoms. The molecule has 0 spiro atoms. The number of ether oxygens (including phenoxy) is 1. The van der Waals surface area contributed by atoms with E-state index in [1.807, 2.05) is 36.4 Å². The van der Waals surface area contributed by atoms with Gasteiger partial charge in [-0.2, -0.15) is 0 Å². The third-order valence-electron chi connectivity index (χ3n) is 4.63. The van der Waals surface area contributed by atoms with E-state index in [2.05, 4.69) is 20.4 Å². The fourth-order valence-corrected chi connectivity index (χ4v) is 3.21. The van der Waals surface area contributed by atoms with E-state index < -0.39 is 0 Å². The highest BCUT2D eigenvalue weighted by molar-refractivity contribution is 5.93. The van der Waals surface area contributed by atoms with E-state index in [4.69, 9.17) is 9.26 Å². The molecule has 1 unspecified atom stereocenters. The molecule has 1 N–H and O–H groups in total. The predicted octanol–water partition coefficient (Wildman–Crippen LogP) is 2.75. The minimum Gasteiger partial charge on any atom is -0.497 e.